The minimum atomic E-state index is -1.24. The van der Waals surface area contributed by atoms with Gasteiger partial charge in [-0.2, -0.15) is 10.2 Å². The molecule has 7 rings (SSSR count). The molecule has 2 fully saturated rings. The lowest BCUT2D eigenvalue weighted by atomic mass is 9.98. The highest BCUT2D eigenvalue weighted by atomic mass is 16.8. The van der Waals surface area contributed by atoms with Crippen LogP contribution in [0.4, 0.5) is 11.4 Å². The Hall–Kier alpha value is -5.40. The topological polar surface area (TPSA) is 135 Å². The van der Waals surface area contributed by atoms with E-state index in [4.69, 9.17) is 19.9 Å². The summed E-state index contributed by atoms with van der Waals surface area (Å²) in [6.45, 7) is 8.35. The number of anilines is 2. The molecule has 13 nitrogen and oxygen atoms in total. The first-order valence-corrected chi connectivity index (χ1v) is 17.0. The number of piperazine rings is 1. The Labute approximate surface area is 290 Å². The van der Waals surface area contributed by atoms with E-state index in [0.717, 1.165) is 55.4 Å². The summed E-state index contributed by atoms with van der Waals surface area (Å²) >= 11 is 0. The molecule has 3 aromatic carbocycles. The first-order chi connectivity index (χ1) is 24.3. The average Bonchev–Trinajstić information content (AvgIpc) is 3.92. The Bertz CT molecular complexity index is 1950. The molecule has 260 valence electrons. The van der Waals surface area contributed by atoms with Gasteiger partial charge in [0.05, 0.1) is 24.9 Å². The van der Waals surface area contributed by atoms with Crippen molar-refractivity contribution >= 4 is 17.3 Å². The summed E-state index contributed by atoms with van der Waals surface area (Å²) in [6, 6.07) is 25.2. The number of ether oxygens (including phenoxy) is 3. The van der Waals surface area contributed by atoms with Gasteiger partial charge in [0.15, 0.2) is 0 Å². The summed E-state index contributed by atoms with van der Waals surface area (Å²) in [7, 11) is 0. The fourth-order valence-electron chi connectivity index (χ4n) is 6.55. The van der Waals surface area contributed by atoms with E-state index < -0.39 is 11.7 Å². The molecule has 13 heteroatoms. The van der Waals surface area contributed by atoms with E-state index in [0.29, 0.717) is 11.1 Å². The van der Waals surface area contributed by atoms with Crippen LogP contribution < -0.4 is 26.0 Å². The first-order valence-electron chi connectivity index (χ1n) is 17.0. The maximum atomic E-state index is 12.8. The van der Waals surface area contributed by atoms with Crippen LogP contribution in [0.25, 0.3) is 5.69 Å². The molecule has 0 spiro atoms. The third-order valence-corrected chi connectivity index (χ3v) is 9.50. The van der Waals surface area contributed by atoms with Crippen molar-refractivity contribution < 1.29 is 19.0 Å². The molecule has 1 unspecified atom stereocenters. The summed E-state index contributed by atoms with van der Waals surface area (Å²) < 4.78 is 23.8. The van der Waals surface area contributed by atoms with Crippen molar-refractivity contribution in [1.82, 2.24) is 24.1 Å². The van der Waals surface area contributed by atoms with Gasteiger partial charge in [-0.25, -0.2) is 14.0 Å². The number of primary amides is 1. The van der Waals surface area contributed by atoms with Crippen molar-refractivity contribution in [3.8, 4) is 11.4 Å². The maximum Gasteiger partial charge on any atom is 0.350 e. The number of carbonyl (C=O) groups excluding carboxylic acids is 1. The molecular formula is C37H42N8O5. The largest absolute Gasteiger partial charge is 0.491 e. The van der Waals surface area contributed by atoms with Crippen LogP contribution >= 0.6 is 0 Å². The Kier molecular flexibility index (Phi) is 9.42. The molecule has 0 radical (unpaired) electrons. The second-order valence-electron chi connectivity index (χ2n) is 12.7. The first kappa shape index (κ1) is 33.1. The second kappa shape index (κ2) is 14.2. The van der Waals surface area contributed by atoms with E-state index in [1.165, 1.54) is 4.68 Å². The summed E-state index contributed by atoms with van der Waals surface area (Å²) in [5.41, 5.74) is 9.56. The molecule has 0 aliphatic carbocycles. The van der Waals surface area contributed by atoms with Crippen molar-refractivity contribution in [3.05, 3.63) is 119 Å². The highest BCUT2D eigenvalue weighted by molar-refractivity contribution is 5.94. The van der Waals surface area contributed by atoms with Gasteiger partial charge in [-0.15, -0.1) is 0 Å². The number of amides is 1. The molecule has 2 aliphatic heterocycles. The van der Waals surface area contributed by atoms with E-state index in [1.807, 2.05) is 56.4 Å². The van der Waals surface area contributed by atoms with Crippen LogP contribution in [-0.4, -0.2) is 75.5 Å². The standard InChI is InChI=1S/C37H42N8O5/c1-3-27(2)45-36(47)44(26-40-45)30-11-9-28(10-12-30)41-19-21-42(22-20-41)29-13-15-31(16-14-29)48-23-32-24-49-37(50-32,25-43-18-6-17-39-43)34-8-5-4-7-33(34)35(38)46/h4-18,26-27,32H,3,19-25H2,1-2H3,(H2,38,46)/t27?,32-,37-/m1/s1. The molecule has 2 saturated heterocycles. The highest BCUT2D eigenvalue weighted by Crippen LogP contribution is 2.38. The zero-order valence-electron chi connectivity index (χ0n) is 28.3. The average molecular weight is 679 g/mol. The van der Waals surface area contributed by atoms with Crippen LogP contribution in [0.15, 0.2) is 102 Å². The number of hydrogen-bond donors (Lipinski definition) is 1. The Balaban J connectivity index is 0.934. The van der Waals surface area contributed by atoms with Crippen molar-refractivity contribution in [3.63, 3.8) is 0 Å². The van der Waals surface area contributed by atoms with Gasteiger partial charge in [0.25, 0.3) is 0 Å². The fourth-order valence-corrected chi connectivity index (χ4v) is 6.55. The number of benzene rings is 3. The van der Waals surface area contributed by atoms with Crippen molar-refractivity contribution in [2.24, 2.45) is 5.73 Å². The molecule has 50 heavy (non-hydrogen) atoms. The second-order valence-corrected chi connectivity index (χ2v) is 12.7. The quantitative estimate of drug-likeness (QED) is 0.208. The van der Waals surface area contributed by atoms with E-state index in [2.05, 4.69) is 44.3 Å². The fraction of sp³-hybridized carbons (Fsp3) is 0.351. The number of nitrogens with two attached hydrogens (primary N) is 1. The van der Waals surface area contributed by atoms with Crippen LogP contribution in [0.1, 0.15) is 42.2 Å². The molecule has 4 heterocycles. The van der Waals surface area contributed by atoms with Gasteiger partial charge in [-0.1, -0.05) is 25.1 Å². The smallest absolute Gasteiger partial charge is 0.350 e. The van der Waals surface area contributed by atoms with Crippen LogP contribution in [0.3, 0.4) is 0 Å². The molecule has 0 bridgehead atoms. The lowest BCUT2D eigenvalue weighted by Gasteiger charge is -2.37. The third-order valence-electron chi connectivity index (χ3n) is 9.50. The summed E-state index contributed by atoms with van der Waals surface area (Å²) in [5.74, 6) is -1.06. The molecule has 5 aromatic rings. The molecule has 2 N–H and O–H groups in total. The molecule has 0 saturated carbocycles. The van der Waals surface area contributed by atoms with Crippen molar-refractivity contribution in [2.75, 3.05) is 49.2 Å². The van der Waals surface area contributed by atoms with Gasteiger partial charge < -0.3 is 29.7 Å². The van der Waals surface area contributed by atoms with E-state index in [9.17, 15) is 9.59 Å². The Morgan fingerprint density at radius 3 is 2.24 bits per heavy atom. The maximum absolute atomic E-state index is 12.8. The van der Waals surface area contributed by atoms with Gasteiger partial charge in [0.1, 0.15) is 24.8 Å². The van der Waals surface area contributed by atoms with Gasteiger partial charge in [-0.05, 0) is 74.0 Å². The lowest BCUT2D eigenvalue weighted by Crippen LogP contribution is -2.46. The number of rotatable bonds is 12. The van der Waals surface area contributed by atoms with Gasteiger partial charge in [-0.3, -0.25) is 9.48 Å². The summed E-state index contributed by atoms with van der Waals surface area (Å²) in [5, 5.41) is 8.62. The predicted molar refractivity (Wildman–Crippen MR) is 189 cm³/mol. The molecular weight excluding hydrogens is 636 g/mol. The number of aromatic nitrogens is 5. The van der Waals surface area contributed by atoms with Crippen molar-refractivity contribution in [1.29, 1.82) is 0 Å². The highest BCUT2D eigenvalue weighted by Gasteiger charge is 2.46. The van der Waals surface area contributed by atoms with Crippen LogP contribution in [0.5, 0.6) is 5.75 Å². The lowest BCUT2D eigenvalue weighted by molar-refractivity contribution is -0.191. The van der Waals surface area contributed by atoms with Crippen LogP contribution in [-0.2, 0) is 21.8 Å². The monoisotopic (exact) mass is 678 g/mol. The number of carbonyl (C=O) groups is 1. The zero-order chi connectivity index (χ0) is 34.7. The van der Waals surface area contributed by atoms with E-state index in [-0.39, 0.29) is 37.6 Å². The number of hydrogen-bond acceptors (Lipinski definition) is 9. The SMILES string of the molecule is CCC(C)n1ncn(-c2ccc(N3CCN(c4ccc(OC[C@@H]5CO[C@@](Cn6cccn6)(c6ccccc6C(N)=O)O5)cc4)CC3)cc2)c1=O. The normalized spacial score (nSPS) is 19.8. The predicted octanol–water partition coefficient (Wildman–Crippen LogP) is 3.97. The molecule has 3 atom stereocenters. The van der Waals surface area contributed by atoms with Crippen molar-refractivity contribution in [2.45, 2.75) is 44.7 Å². The van der Waals surface area contributed by atoms with Crippen LogP contribution in [0.2, 0.25) is 0 Å². The Morgan fingerprint density at radius 1 is 0.940 bits per heavy atom. The van der Waals surface area contributed by atoms with Gasteiger partial charge in [0, 0.05) is 61.1 Å². The molecule has 2 aliphatic rings. The van der Waals surface area contributed by atoms with E-state index in [1.54, 1.807) is 40.0 Å². The Morgan fingerprint density at radius 2 is 1.60 bits per heavy atom. The minimum Gasteiger partial charge on any atom is -0.491 e. The van der Waals surface area contributed by atoms with Gasteiger partial charge in [0.2, 0.25) is 11.7 Å². The zero-order valence-corrected chi connectivity index (χ0v) is 28.3. The van der Waals surface area contributed by atoms with E-state index >= 15 is 0 Å². The molecule has 2 aromatic heterocycles. The number of nitrogens with zero attached hydrogens (tertiary/aromatic N) is 7. The summed E-state index contributed by atoms with van der Waals surface area (Å²) in [4.78, 5) is 29.8. The van der Waals surface area contributed by atoms with Gasteiger partial charge >= 0.3 is 5.69 Å². The van der Waals surface area contributed by atoms with Crippen LogP contribution in [0, 0.1) is 0 Å². The minimum absolute atomic E-state index is 0.0606. The molecule has 1 amide bonds. The summed E-state index contributed by atoms with van der Waals surface area (Å²) in [6.07, 6.45) is 5.57. The third kappa shape index (κ3) is 6.74.